The molecule has 6 N–H and O–H groups in total. The number of methoxy groups -OCH3 is 2. The second kappa shape index (κ2) is 12.9. The van der Waals surface area contributed by atoms with E-state index in [4.69, 9.17) is 9.47 Å². The largest absolute Gasteiger partial charge is 0.465 e. The van der Waals surface area contributed by atoms with E-state index in [1.165, 1.54) is 26.6 Å². The van der Waals surface area contributed by atoms with E-state index in [2.05, 4.69) is 31.2 Å². The van der Waals surface area contributed by atoms with Gasteiger partial charge in [0.1, 0.15) is 11.1 Å². The van der Waals surface area contributed by atoms with Crippen molar-refractivity contribution in [3.05, 3.63) is 34.9 Å². The molecule has 2 heterocycles. The van der Waals surface area contributed by atoms with Crippen LogP contribution in [-0.2, 0) is 9.47 Å². The highest BCUT2D eigenvalue weighted by Crippen LogP contribution is 2.20. The fraction of sp³-hybridized carbons (Fsp3) is 0.455. The summed E-state index contributed by atoms with van der Waals surface area (Å²) < 4.78 is 9.45. The average molecular weight is 477 g/mol. The lowest BCUT2D eigenvalue weighted by atomic mass is 10.2. The van der Waals surface area contributed by atoms with Crippen LogP contribution in [0.3, 0.4) is 0 Å². The third-order valence-corrected chi connectivity index (χ3v) is 5.10. The van der Waals surface area contributed by atoms with Crippen molar-refractivity contribution in [1.82, 2.24) is 20.6 Å². The van der Waals surface area contributed by atoms with Crippen LogP contribution in [0.15, 0.2) is 12.4 Å². The molecule has 34 heavy (non-hydrogen) atoms. The van der Waals surface area contributed by atoms with Crippen molar-refractivity contribution in [3.8, 4) is 0 Å². The van der Waals surface area contributed by atoms with Gasteiger partial charge in [0.25, 0.3) is 0 Å². The summed E-state index contributed by atoms with van der Waals surface area (Å²) in [6.45, 7) is 4.38. The van der Waals surface area contributed by atoms with Crippen molar-refractivity contribution in [3.63, 3.8) is 0 Å². The maximum Gasteiger partial charge on any atom is 0.341 e. The van der Waals surface area contributed by atoms with E-state index in [0.29, 0.717) is 47.0 Å². The number of unbranched alkanes of at least 4 members (excludes halogenated alkanes) is 3. The van der Waals surface area contributed by atoms with Gasteiger partial charge in [0, 0.05) is 36.9 Å². The molecule has 186 valence electrons. The molecule has 0 aliphatic rings. The molecule has 0 unspecified atom stereocenters. The zero-order chi connectivity index (χ0) is 25.1. The first kappa shape index (κ1) is 26.3. The lowest BCUT2D eigenvalue weighted by Gasteiger charge is -2.09. The van der Waals surface area contributed by atoms with Crippen molar-refractivity contribution < 1.29 is 28.7 Å². The minimum Gasteiger partial charge on any atom is -0.465 e. The Kier molecular flexibility index (Phi) is 9.99. The number of aryl methyl sites for hydroxylation is 2. The molecule has 4 amide bonds. The summed E-state index contributed by atoms with van der Waals surface area (Å²) in [7, 11) is 2.56. The van der Waals surface area contributed by atoms with Crippen molar-refractivity contribution in [2.75, 3.05) is 37.9 Å². The summed E-state index contributed by atoms with van der Waals surface area (Å²) in [6.07, 6.45) is 6.34. The number of aromatic amines is 2. The van der Waals surface area contributed by atoms with Crippen LogP contribution in [0.2, 0.25) is 0 Å². The van der Waals surface area contributed by atoms with Crippen molar-refractivity contribution >= 4 is 35.4 Å². The highest BCUT2D eigenvalue weighted by atomic mass is 16.5. The lowest BCUT2D eigenvalue weighted by Crippen LogP contribution is -2.30. The van der Waals surface area contributed by atoms with E-state index in [1.54, 1.807) is 13.8 Å². The molecule has 2 rings (SSSR count). The number of hydrogen-bond acceptors (Lipinski definition) is 6. The summed E-state index contributed by atoms with van der Waals surface area (Å²) in [6, 6.07) is -0.817. The zero-order valence-corrected chi connectivity index (χ0v) is 19.8. The number of rotatable bonds is 11. The van der Waals surface area contributed by atoms with Crippen LogP contribution >= 0.6 is 0 Å². The molecule has 0 bridgehead atoms. The summed E-state index contributed by atoms with van der Waals surface area (Å²) in [4.78, 5) is 53.5. The van der Waals surface area contributed by atoms with Crippen LogP contribution in [0, 0.1) is 13.8 Å². The molecule has 0 aliphatic carbocycles. The Labute approximate surface area is 197 Å². The SMILES string of the molecule is COC(=O)c1c(NC(=O)NCCCCCCNC(=O)Nc2c[nH]c(C)c2C(=O)OC)c[nH]c1C. The normalized spacial score (nSPS) is 10.4. The number of carbonyl (C=O) groups excluding carboxylic acids is 4. The van der Waals surface area contributed by atoms with E-state index in [-0.39, 0.29) is 0 Å². The number of carbonyl (C=O) groups is 4. The van der Waals surface area contributed by atoms with Gasteiger partial charge in [-0.2, -0.15) is 0 Å². The Morgan fingerprint density at radius 2 is 1.09 bits per heavy atom. The summed E-state index contributed by atoms with van der Waals surface area (Å²) >= 11 is 0. The summed E-state index contributed by atoms with van der Waals surface area (Å²) in [5.74, 6) is -1.05. The molecule has 2 aromatic heterocycles. The number of ether oxygens (including phenoxy) is 2. The Hall–Kier alpha value is -3.96. The standard InChI is InChI=1S/C22H32N6O6/c1-13-17(19(29)33-3)15(11-25-13)27-21(31)23-9-7-5-6-8-10-24-22(32)28-16-12-26-14(2)18(16)20(30)34-4/h11-12,25-26H,5-10H2,1-4H3,(H2,23,27,31)(H2,24,28,32). The first-order chi connectivity index (χ1) is 16.3. The van der Waals surface area contributed by atoms with Gasteiger partial charge in [0.05, 0.1) is 25.6 Å². The minimum atomic E-state index is -0.525. The maximum atomic E-state index is 12.1. The fourth-order valence-corrected chi connectivity index (χ4v) is 3.32. The Balaban J connectivity index is 1.59. The molecular weight excluding hydrogens is 444 g/mol. The quantitative estimate of drug-likeness (QED) is 0.215. The Morgan fingerprint density at radius 1 is 0.706 bits per heavy atom. The molecule has 0 atom stereocenters. The van der Waals surface area contributed by atoms with Crippen LogP contribution in [0.1, 0.15) is 57.8 Å². The predicted molar refractivity (Wildman–Crippen MR) is 126 cm³/mol. The topological polar surface area (TPSA) is 166 Å². The highest BCUT2D eigenvalue weighted by Gasteiger charge is 2.19. The van der Waals surface area contributed by atoms with E-state index in [1.807, 2.05) is 0 Å². The van der Waals surface area contributed by atoms with Gasteiger partial charge in [-0.25, -0.2) is 19.2 Å². The van der Waals surface area contributed by atoms with Crippen LogP contribution in [-0.4, -0.2) is 61.3 Å². The van der Waals surface area contributed by atoms with E-state index < -0.39 is 24.0 Å². The van der Waals surface area contributed by atoms with Gasteiger partial charge in [-0.3, -0.25) is 0 Å². The first-order valence-electron chi connectivity index (χ1n) is 10.9. The second-order valence-corrected chi connectivity index (χ2v) is 7.56. The molecule has 0 radical (unpaired) electrons. The van der Waals surface area contributed by atoms with Gasteiger partial charge in [0.2, 0.25) is 0 Å². The molecule has 12 nitrogen and oxygen atoms in total. The van der Waals surface area contributed by atoms with E-state index >= 15 is 0 Å². The molecule has 0 aliphatic heterocycles. The number of nitrogens with one attached hydrogen (secondary N) is 6. The first-order valence-corrected chi connectivity index (χ1v) is 10.9. The Morgan fingerprint density at radius 3 is 1.44 bits per heavy atom. The summed E-state index contributed by atoms with van der Waals surface area (Å²) in [5, 5.41) is 10.8. The van der Waals surface area contributed by atoms with Crippen LogP contribution in [0.4, 0.5) is 21.0 Å². The third-order valence-electron chi connectivity index (χ3n) is 5.10. The molecule has 0 spiro atoms. The predicted octanol–water partition coefficient (Wildman–Crippen LogP) is 3.04. The number of H-pyrrole nitrogens is 2. The van der Waals surface area contributed by atoms with E-state index in [9.17, 15) is 19.2 Å². The molecule has 0 saturated carbocycles. The van der Waals surface area contributed by atoms with Gasteiger partial charge >= 0.3 is 24.0 Å². The number of urea groups is 2. The minimum absolute atomic E-state index is 0.294. The number of amides is 4. The monoisotopic (exact) mass is 476 g/mol. The average Bonchev–Trinajstić information content (AvgIpc) is 3.36. The number of esters is 2. The van der Waals surface area contributed by atoms with Gasteiger partial charge in [-0.05, 0) is 26.7 Å². The molecule has 12 heteroatoms. The van der Waals surface area contributed by atoms with E-state index in [0.717, 1.165) is 25.7 Å². The third kappa shape index (κ3) is 7.29. The smallest absolute Gasteiger partial charge is 0.341 e. The molecule has 0 fully saturated rings. The number of anilines is 2. The van der Waals surface area contributed by atoms with Gasteiger partial charge < -0.3 is 40.7 Å². The van der Waals surface area contributed by atoms with Crippen LogP contribution < -0.4 is 21.3 Å². The molecule has 0 aromatic carbocycles. The molecule has 0 saturated heterocycles. The fourth-order valence-electron chi connectivity index (χ4n) is 3.32. The molecule has 2 aromatic rings. The lowest BCUT2D eigenvalue weighted by molar-refractivity contribution is 0.0592. The van der Waals surface area contributed by atoms with Gasteiger partial charge in [-0.1, -0.05) is 12.8 Å². The second-order valence-electron chi connectivity index (χ2n) is 7.56. The maximum absolute atomic E-state index is 12.1. The van der Waals surface area contributed by atoms with Crippen molar-refractivity contribution in [2.45, 2.75) is 39.5 Å². The summed E-state index contributed by atoms with van der Waals surface area (Å²) in [5.41, 5.74) is 2.53. The number of aromatic nitrogens is 2. The van der Waals surface area contributed by atoms with Crippen LogP contribution in [0.5, 0.6) is 0 Å². The Bertz CT molecular complexity index is 931. The zero-order valence-electron chi connectivity index (χ0n) is 19.8. The van der Waals surface area contributed by atoms with Crippen LogP contribution in [0.25, 0.3) is 0 Å². The van der Waals surface area contributed by atoms with Gasteiger partial charge in [-0.15, -0.1) is 0 Å². The number of hydrogen-bond donors (Lipinski definition) is 6. The van der Waals surface area contributed by atoms with Crippen molar-refractivity contribution in [1.29, 1.82) is 0 Å². The highest BCUT2D eigenvalue weighted by molar-refractivity contribution is 6.02. The van der Waals surface area contributed by atoms with Crippen molar-refractivity contribution in [2.24, 2.45) is 0 Å². The van der Waals surface area contributed by atoms with Gasteiger partial charge in [0.15, 0.2) is 0 Å². The molecular formula is C22H32N6O6.